The number of hydrogen-bond donors (Lipinski definition) is 3. The first-order valence-electron chi connectivity index (χ1n) is 7.54. The third kappa shape index (κ3) is 11.9. The summed E-state index contributed by atoms with van der Waals surface area (Å²) in [5.41, 5.74) is -0.411. The van der Waals surface area contributed by atoms with Crippen molar-refractivity contribution in [3.05, 3.63) is 0 Å². The van der Waals surface area contributed by atoms with E-state index in [2.05, 4.69) is 20.9 Å². The molecular weight excluding hydrogens is 292 g/mol. The number of carbonyl (C=O) groups excluding carboxylic acids is 1. The minimum atomic E-state index is -0.411. The molecule has 0 aromatic rings. The van der Waals surface area contributed by atoms with Gasteiger partial charge in [-0.05, 0) is 20.8 Å². The van der Waals surface area contributed by atoms with Gasteiger partial charge in [0.15, 0.2) is 0 Å². The van der Waals surface area contributed by atoms with Crippen LogP contribution in [-0.2, 0) is 9.53 Å². The van der Waals surface area contributed by atoms with Crippen molar-refractivity contribution >= 4 is 18.4 Å². The first-order chi connectivity index (χ1) is 9.47. The summed E-state index contributed by atoms with van der Waals surface area (Å²) in [6.07, 6.45) is 0. The second-order valence-electron chi connectivity index (χ2n) is 6.11. The van der Waals surface area contributed by atoms with Crippen molar-refractivity contribution in [1.82, 2.24) is 20.9 Å². The molecule has 1 aliphatic rings. The lowest BCUT2D eigenvalue weighted by atomic mass is 10.2. The van der Waals surface area contributed by atoms with Gasteiger partial charge < -0.3 is 20.7 Å². The third-order valence-corrected chi connectivity index (χ3v) is 2.94. The maximum absolute atomic E-state index is 11.9. The summed E-state index contributed by atoms with van der Waals surface area (Å²) >= 11 is 0. The number of nitrogens with zero attached hydrogens (tertiary/aromatic N) is 1. The third-order valence-electron chi connectivity index (χ3n) is 2.94. The smallest absolute Gasteiger partial charge is 0.320 e. The van der Waals surface area contributed by atoms with Gasteiger partial charge in [0.25, 0.3) is 0 Å². The molecular formula is C14H31ClN4O2. The predicted molar refractivity (Wildman–Crippen MR) is 88.1 cm³/mol. The highest BCUT2D eigenvalue weighted by Crippen LogP contribution is 2.07. The van der Waals surface area contributed by atoms with E-state index >= 15 is 0 Å². The van der Waals surface area contributed by atoms with Crippen LogP contribution in [0.3, 0.4) is 0 Å². The van der Waals surface area contributed by atoms with E-state index in [0.29, 0.717) is 6.54 Å². The van der Waals surface area contributed by atoms with E-state index in [-0.39, 0.29) is 18.4 Å². The summed E-state index contributed by atoms with van der Waals surface area (Å²) in [5.74, 6) is -0.147. The maximum Gasteiger partial charge on any atom is 0.320 e. The Morgan fingerprint density at radius 1 is 0.952 bits per heavy atom. The number of rotatable bonds is 2. The van der Waals surface area contributed by atoms with Crippen LogP contribution in [-0.4, -0.2) is 75.4 Å². The van der Waals surface area contributed by atoms with Crippen molar-refractivity contribution in [3.8, 4) is 0 Å². The average molecular weight is 323 g/mol. The number of hydrogen-bond acceptors (Lipinski definition) is 6. The summed E-state index contributed by atoms with van der Waals surface area (Å²) in [6, 6.07) is 0. The monoisotopic (exact) mass is 322 g/mol. The summed E-state index contributed by atoms with van der Waals surface area (Å²) in [4.78, 5) is 14.0. The van der Waals surface area contributed by atoms with Crippen LogP contribution in [0.15, 0.2) is 0 Å². The summed E-state index contributed by atoms with van der Waals surface area (Å²) in [6.45, 7) is 13.4. The first-order valence-corrected chi connectivity index (χ1v) is 7.54. The van der Waals surface area contributed by atoms with E-state index < -0.39 is 5.60 Å². The Morgan fingerprint density at radius 2 is 1.38 bits per heavy atom. The summed E-state index contributed by atoms with van der Waals surface area (Å²) < 4.78 is 5.38. The Hall–Kier alpha value is -0.400. The second kappa shape index (κ2) is 11.2. The van der Waals surface area contributed by atoms with E-state index in [0.717, 1.165) is 52.4 Å². The van der Waals surface area contributed by atoms with Gasteiger partial charge in [-0.1, -0.05) is 0 Å². The Kier molecular flexibility index (Phi) is 11.0. The van der Waals surface area contributed by atoms with Gasteiger partial charge in [-0.25, -0.2) is 0 Å². The van der Waals surface area contributed by atoms with Crippen LogP contribution in [0.4, 0.5) is 0 Å². The Bertz CT molecular complexity index is 273. The van der Waals surface area contributed by atoms with Crippen molar-refractivity contribution in [2.75, 3.05) is 58.9 Å². The quantitative estimate of drug-likeness (QED) is 0.614. The zero-order valence-corrected chi connectivity index (χ0v) is 14.4. The highest BCUT2D eigenvalue weighted by Gasteiger charge is 2.18. The molecule has 0 aromatic heterocycles. The van der Waals surface area contributed by atoms with Crippen LogP contribution in [0, 0.1) is 0 Å². The molecule has 1 aliphatic heterocycles. The molecule has 7 heteroatoms. The van der Waals surface area contributed by atoms with Gasteiger partial charge in [0.05, 0.1) is 6.54 Å². The van der Waals surface area contributed by atoms with Gasteiger partial charge in [0.1, 0.15) is 5.60 Å². The average Bonchev–Trinajstić information content (AvgIpc) is 2.30. The van der Waals surface area contributed by atoms with Gasteiger partial charge in [-0.3, -0.25) is 9.69 Å². The molecule has 0 aliphatic carbocycles. The molecule has 0 aromatic carbocycles. The molecule has 126 valence electrons. The van der Waals surface area contributed by atoms with Crippen molar-refractivity contribution in [1.29, 1.82) is 0 Å². The van der Waals surface area contributed by atoms with E-state index in [1.165, 1.54) is 0 Å². The standard InChI is InChI=1S/C14H30N4O2.ClH/c1-14(2,3)20-13(19)12-18-10-8-16-6-4-15-5-7-17-9-11-18;/h15-17H,4-12H2,1-3H3;1H. The Morgan fingerprint density at radius 3 is 1.81 bits per heavy atom. The molecule has 0 spiro atoms. The Balaban J connectivity index is 0.00000400. The zero-order chi connectivity index (χ0) is 14.8. The van der Waals surface area contributed by atoms with Crippen LogP contribution in [0.25, 0.3) is 0 Å². The summed E-state index contributed by atoms with van der Waals surface area (Å²) in [5, 5.41) is 10.1. The molecule has 0 radical (unpaired) electrons. The number of ether oxygens (including phenoxy) is 1. The molecule has 1 rings (SSSR count). The first kappa shape index (κ1) is 20.6. The number of esters is 1. The molecule has 0 atom stereocenters. The normalized spacial score (nSPS) is 19.8. The topological polar surface area (TPSA) is 65.6 Å². The number of nitrogens with one attached hydrogen (secondary N) is 3. The maximum atomic E-state index is 11.9. The lowest BCUT2D eigenvalue weighted by molar-refractivity contribution is -0.156. The van der Waals surface area contributed by atoms with Gasteiger partial charge in [0.2, 0.25) is 0 Å². The van der Waals surface area contributed by atoms with Gasteiger partial charge in [0, 0.05) is 52.4 Å². The molecule has 0 saturated carbocycles. The van der Waals surface area contributed by atoms with Gasteiger partial charge in [-0.2, -0.15) is 0 Å². The van der Waals surface area contributed by atoms with Gasteiger partial charge in [-0.15, -0.1) is 12.4 Å². The molecule has 0 unspecified atom stereocenters. The lowest BCUT2D eigenvalue weighted by Crippen LogP contribution is -2.44. The van der Waals surface area contributed by atoms with E-state index in [9.17, 15) is 4.79 Å². The van der Waals surface area contributed by atoms with Crippen molar-refractivity contribution in [2.24, 2.45) is 0 Å². The fourth-order valence-electron chi connectivity index (χ4n) is 2.03. The molecule has 1 saturated heterocycles. The van der Waals surface area contributed by atoms with E-state index in [1.807, 2.05) is 20.8 Å². The molecule has 0 amide bonds. The van der Waals surface area contributed by atoms with Crippen LogP contribution in [0.1, 0.15) is 20.8 Å². The highest BCUT2D eigenvalue weighted by atomic mass is 35.5. The molecule has 0 bridgehead atoms. The lowest BCUT2D eigenvalue weighted by Gasteiger charge is -2.25. The van der Waals surface area contributed by atoms with E-state index in [1.54, 1.807) is 0 Å². The predicted octanol–water partition coefficient (Wildman–Crippen LogP) is -0.166. The van der Waals surface area contributed by atoms with Crippen LogP contribution in [0.5, 0.6) is 0 Å². The van der Waals surface area contributed by atoms with Crippen LogP contribution < -0.4 is 16.0 Å². The summed E-state index contributed by atoms with van der Waals surface area (Å²) in [7, 11) is 0. The molecule has 3 N–H and O–H groups in total. The fraction of sp³-hybridized carbons (Fsp3) is 0.929. The number of halogens is 1. The second-order valence-corrected chi connectivity index (χ2v) is 6.11. The fourth-order valence-corrected chi connectivity index (χ4v) is 2.03. The van der Waals surface area contributed by atoms with E-state index in [4.69, 9.17) is 4.74 Å². The largest absolute Gasteiger partial charge is 0.459 e. The SMILES string of the molecule is CC(C)(C)OC(=O)CN1CCNCCNCCNCC1.Cl. The van der Waals surface area contributed by atoms with Crippen LogP contribution in [0.2, 0.25) is 0 Å². The van der Waals surface area contributed by atoms with Crippen LogP contribution >= 0.6 is 12.4 Å². The van der Waals surface area contributed by atoms with Crippen molar-refractivity contribution < 1.29 is 9.53 Å². The van der Waals surface area contributed by atoms with Crippen molar-refractivity contribution in [3.63, 3.8) is 0 Å². The molecule has 21 heavy (non-hydrogen) atoms. The molecule has 1 fully saturated rings. The minimum Gasteiger partial charge on any atom is -0.459 e. The van der Waals surface area contributed by atoms with Gasteiger partial charge >= 0.3 is 5.97 Å². The zero-order valence-electron chi connectivity index (χ0n) is 13.5. The number of carbonyl (C=O) groups is 1. The highest BCUT2D eigenvalue weighted by molar-refractivity contribution is 5.85. The molecule has 6 nitrogen and oxygen atoms in total. The van der Waals surface area contributed by atoms with Crippen molar-refractivity contribution in [2.45, 2.75) is 26.4 Å². The Labute approximate surface area is 134 Å². The minimum absolute atomic E-state index is 0. The molecule has 1 heterocycles.